The van der Waals surface area contributed by atoms with Crippen molar-refractivity contribution in [2.24, 2.45) is 11.1 Å². The van der Waals surface area contributed by atoms with Gasteiger partial charge in [0.25, 0.3) is 0 Å². The van der Waals surface area contributed by atoms with E-state index >= 15 is 0 Å². The molecular formula is C12H14ClFN2O3S. The lowest BCUT2D eigenvalue weighted by Crippen LogP contribution is -2.32. The highest BCUT2D eigenvalue weighted by Crippen LogP contribution is 2.50. The Bertz CT molecular complexity index is 615. The number of nitrogens with two attached hydrogens (primary N) is 1. The molecule has 0 aromatic heterocycles. The van der Waals surface area contributed by atoms with Crippen molar-refractivity contribution in [3.05, 3.63) is 34.6 Å². The van der Waals surface area contributed by atoms with Crippen LogP contribution < -0.4 is 10.5 Å². The predicted molar refractivity (Wildman–Crippen MR) is 73.2 cm³/mol. The first-order chi connectivity index (χ1) is 9.29. The van der Waals surface area contributed by atoms with Crippen LogP contribution in [0, 0.1) is 11.7 Å². The van der Waals surface area contributed by atoms with E-state index in [1.54, 1.807) is 6.07 Å². The summed E-state index contributed by atoms with van der Waals surface area (Å²) >= 11 is 5.93. The zero-order valence-corrected chi connectivity index (χ0v) is 12.0. The van der Waals surface area contributed by atoms with Crippen molar-refractivity contribution in [3.8, 4) is 0 Å². The van der Waals surface area contributed by atoms with Gasteiger partial charge in [-0.15, -0.1) is 0 Å². The molecular weight excluding hydrogens is 307 g/mol. The van der Waals surface area contributed by atoms with E-state index in [2.05, 4.69) is 5.32 Å². The number of primary sulfonamides is 1. The normalized spacial score (nSPS) is 21.6. The summed E-state index contributed by atoms with van der Waals surface area (Å²) in [4.78, 5) is 11.8. The van der Waals surface area contributed by atoms with Crippen LogP contribution in [0.5, 0.6) is 0 Å². The van der Waals surface area contributed by atoms with Gasteiger partial charge < -0.3 is 5.32 Å². The van der Waals surface area contributed by atoms with E-state index in [0.717, 1.165) is 0 Å². The van der Waals surface area contributed by atoms with Gasteiger partial charge in [-0.1, -0.05) is 17.7 Å². The van der Waals surface area contributed by atoms with E-state index in [4.69, 9.17) is 16.7 Å². The molecule has 1 aliphatic carbocycles. The molecule has 3 N–H and O–H groups in total. The van der Waals surface area contributed by atoms with Crippen molar-refractivity contribution in [2.45, 2.75) is 12.3 Å². The number of benzene rings is 1. The van der Waals surface area contributed by atoms with E-state index in [9.17, 15) is 17.6 Å². The Balaban J connectivity index is 1.93. The maximum atomic E-state index is 13.7. The summed E-state index contributed by atoms with van der Waals surface area (Å²) in [6.45, 7) is -0.0497. The first kappa shape index (κ1) is 15.2. The van der Waals surface area contributed by atoms with E-state index in [1.807, 2.05) is 0 Å². The lowest BCUT2D eigenvalue weighted by atomic mass is 10.1. The fraction of sp³-hybridized carbons (Fsp3) is 0.417. The molecule has 0 spiro atoms. The largest absolute Gasteiger partial charge is 0.355 e. The number of nitrogens with one attached hydrogen (secondary N) is 1. The van der Waals surface area contributed by atoms with Crippen LogP contribution in [0.15, 0.2) is 18.2 Å². The Hall–Kier alpha value is -1.18. The molecule has 0 radical (unpaired) electrons. The maximum absolute atomic E-state index is 13.7. The minimum atomic E-state index is -3.60. The van der Waals surface area contributed by atoms with Gasteiger partial charge in [0.2, 0.25) is 15.9 Å². The van der Waals surface area contributed by atoms with Gasteiger partial charge in [-0.05, 0) is 18.6 Å². The lowest BCUT2D eigenvalue weighted by molar-refractivity contribution is -0.122. The highest BCUT2D eigenvalue weighted by Gasteiger charge is 2.46. The molecule has 5 nitrogen and oxygen atoms in total. The lowest BCUT2D eigenvalue weighted by Gasteiger charge is -2.06. The molecule has 0 heterocycles. The highest BCUT2D eigenvalue weighted by molar-refractivity contribution is 7.89. The number of halogens is 2. The van der Waals surface area contributed by atoms with Crippen LogP contribution in [0.2, 0.25) is 5.02 Å². The Morgan fingerprint density at radius 2 is 2.20 bits per heavy atom. The molecule has 2 rings (SSSR count). The molecule has 1 amide bonds. The van der Waals surface area contributed by atoms with E-state index < -0.39 is 15.8 Å². The molecule has 2 atom stereocenters. The number of hydrogen-bond acceptors (Lipinski definition) is 3. The van der Waals surface area contributed by atoms with Crippen molar-refractivity contribution >= 4 is 27.5 Å². The molecule has 1 saturated carbocycles. The molecule has 8 heteroatoms. The van der Waals surface area contributed by atoms with Crippen LogP contribution in [0.4, 0.5) is 4.39 Å². The Labute approximate surface area is 121 Å². The van der Waals surface area contributed by atoms with Crippen LogP contribution in [0.3, 0.4) is 0 Å². The fourth-order valence-electron chi connectivity index (χ4n) is 2.12. The molecule has 0 unspecified atom stereocenters. The molecule has 0 bridgehead atoms. The number of carbonyl (C=O) groups excluding carboxylic acids is 1. The Morgan fingerprint density at radius 1 is 1.50 bits per heavy atom. The summed E-state index contributed by atoms with van der Waals surface area (Å²) in [6, 6.07) is 4.38. The second-order valence-electron chi connectivity index (χ2n) is 4.74. The standard InChI is InChI=1S/C12H14ClFN2O3S/c13-9-2-1-3-10(14)11(9)7-6-8(7)12(17)16-4-5-20(15,18)19/h1-3,7-8H,4-6H2,(H,16,17)(H2,15,18,19)/t7-,8-/m1/s1. The number of hydrogen-bond donors (Lipinski definition) is 2. The van der Waals surface area contributed by atoms with E-state index in [0.29, 0.717) is 17.0 Å². The summed E-state index contributed by atoms with van der Waals surface area (Å²) in [5.41, 5.74) is 0.348. The highest BCUT2D eigenvalue weighted by atomic mass is 35.5. The average molecular weight is 321 g/mol. The maximum Gasteiger partial charge on any atom is 0.223 e. The summed E-state index contributed by atoms with van der Waals surface area (Å²) in [6.07, 6.45) is 0.502. The third kappa shape index (κ3) is 3.68. The summed E-state index contributed by atoms with van der Waals surface area (Å²) < 4.78 is 35.1. The molecule has 1 aromatic carbocycles. The molecule has 0 saturated heterocycles. The topological polar surface area (TPSA) is 89.3 Å². The summed E-state index contributed by atoms with van der Waals surface area (Å²) in [5.74, 6) is -1.68. The van der Waals surface area contributed by atoms with Crippen molar-refractivity contribution in [3.63, 3.8) is 0 Å². The number of sulfonamides is 1. The quantitative estimate of drug-likeness (QED) is 0.847. The molecule has 1 aromatic rings. The van der Waals surface area contributed by atoms with Crippen LogP contribution in [-0.2, 0) is 14.8 Å². The Kier molecular flexibility index (Phi) is 4.31. The zero-order valence-electron chi connectivity index (χ0n) is 10.5. The smallest absolute Gasteiger partial charge is 0.223 e. The van der Waals surface area contributed by atoms with E-state index in [1.165, 1.54) is 12.1 Å². The van der Waals surface area contributed by atoms with Crippen molar-refractivity contribution in [2.75, 3.05) is 12.3 Å². The first-order valence-corrected chi connectivity index (χ1v) is 8.11. The van der Waals surface area contributed by atoms with Crippen LogP contribution >= 0.6 is 11.6 Å². The van der Waals surface area contributed by atoms with Gasteiger partial charge in [0.15, 0.2) is 0 Å². The molecule has 0 aliphatic heterocycles. The zero-order chi connectivity index (χ0) is 14.9. The third-order valence-electron chi connectivity index (χ3n) is 3.18. The van der Waals surface area contributed by atoms with Gasteiger partial charge in [0, 0.05) is 29.0 Å². The van der Waals surface area contributed by atoms with Crippen LogP contribution in [0.25, 0.3) is 0 Å². The molecule has 1 fully saturated rings. The number of rotatable bonds is 5. The van der Waals surface area contributed by atoms with E-state index in [-0.39, 0.29) is 30.0 Å². The fourth-order valence-corrected chi connectivity index (χ4v) is 2.81. The van der Waals surface area contributed by atoms with Gasteiger partial charge in [-0.3, -0.25) is 4.79 Å². The minimum absolute atomic E-state index is 0.0497. The van der Waals surface area contributed by atoms with Gasteiger partial charge >= 0.3 is 0 Å². The van der Waals surface area contributed by atoms with Crippen LogP contribution in [-0.4, -0.2) is 26.6 Å². The number of amides is 1. The second-order valence-corrected chi connectivity index (χ2v) is 6.88. The summed E-state index contributed by atoms with van der Waals surface area (Å²) in [7, 11) is -3.60. The third-order valence-corrected chi connectivity index (χ3v) is 4.29. The van der Waals surface area contributed by atoms with Gasteiger partial charge in [-0.25, -0.2) is 17.9 Å². The monoisotopic (exact) mass is 320 g/mol. The molecule has 20 heavy (non-hydrogen) atoms. The SMILES string of the molecule is NS(=O)(=O)CCNC(=O)[C@@H]1C[C@H]1c1c(F)cccc1Cl. The first-order valence-electron chi connectivity index (χ1n) is 6.01. The Morgan fingerprint density at radius 3 is 2.80 bits per heavy atom. The average Bonchev–Trinajstić information content (AvgIpc) is 3.07. The number of carbonyl (C=O) groups is 1. The van der Waals surface area contributed by atoms with Crippen LogP contribution in [0.1, 0.15) is 17.9 Å². The second kappa shape index (κ2) is 5.67. The van der Waals surface area contributed by atoms with Gasteiger partial charge in [0.1, 0.15) is 5.82 Å². The predicted octanol–water partition coefficient (Wildman–Crippen LogP) is 0.987. The molecule has 1 aliphatic rings. The van der Waals surface area contributed by atoms with Crippen molar-refractivity contribution in [1.82, 2.24) is 5.32 Å². The summed E-state index contributed by atoms with van der Waals surface area (Å²) in [5, 5.41) is 7.60. The minimum Gasteiger partial charge on any atom is -0.355 e. The molecule has 110 valence electrons. The van der Waals surface area contributed by atoms with Crippen molar-refractivity contribution < 1.29 is 17.6 Å². The van der Waals surface area contributed by atoms with Gasteiger partial charge in [-0.2, -0.15) is 0 Å². The van der Waals surface area contributed by atoms with Crippen molar-refractivity contribution in [1.29, 1.82) is 0 Å². The van der Waals surface area contributed by atoms with Gasteiger partial charge in [0.05, 0.1) is 5.75 Å².